The fraction of sp³-hybridized carbons (Fsp3) is 0.500. The third-order valence-corrected chi connectivity index (χ3v) is 7.33. The smallest absolute Gasteiger partial charge is 0.244 e. The van der Waals surface area contributed by atoms with Crippen molar-refractivity contribution in [2.75, 3.05) is 31.6 Å². The quantitative estimate of drug-likeness (QED) is 0.658. The Morgan fingerprint density at radius 1 is 1.21 bits per heavy atom. The average Bonchev–Trinajstić information content (AvgIpc) is 3.17. The van der Waals surface area contributed by atoms with Crippen LogP contribution in [0.4, 0.5) is 5.82 Å². The number of anilines is 1. The minimum Gasteiger partial charge on any atom is -0.379 e. The molecule has 0 aliphatic carbocycles. The number of sulfonamides is 1. The molecule has 0 unspecified atom stereocenters. The standard InChI is InChI=1S/C18H25N5O4S2/c1-13(2)23-16(6-7-20-23)21-18(24)14(3)28-17-5-4-15(12-19-17)29(25,26)22-8-10-27-11-9-22/h4-7,12-14H,8-11H2,1-3H3,(H,21,24)/t14-/m1/s1. The van der Waals surface area contributed by atoms with Crippen LogP contribution in [0, 0.1) is 0 Å². The molecule has 29 heavy (non-hydrogen) atoms. The van der Waals surface area contributed by atoms with Crippen molar-refractivity contribution in [3.63, 3.8) is 0 Å². The van der Waals surface area contributed by atoms with Crippen molar-refractivity contribution < 1.29 is 17.9 Å². The van der Waals surface area contributed by atoms with Crippen molar-refractivity contribution >= 4 is 33.5 Å². The van der Waals surface area contributed by atoms with Crippen LogP contribution in [0.25, 0.3) is 0 Å². The first kappa shape index (κ1) is 21.8. The predicted octanol–water partition coefficient (Wildman–Crippen LogP) is 2.00. The molecular formula is C18H25N5O4S2. The number of nitrogens with zero attached hydrogens (tertiary/aromatic N) is 4. The van der Waals surface area contributed by atoms with Gasteiger partial charge in [-0.25, -0.2) is 18.1 Å². The highest BCUT2D eigenvalue weighted by Crippen LogP contribution is 2.25. The maximum atomic E-state index is 12.6. The normalized spacial score (nSPS) is 16.7. The van der Waals surface area contributed by atoms with E-state index in [-0.39, 0.29) is 16.8 Å². The van der Waals surface area contributed by atoms with E-state index in [1.54, 1.807) is 29.9 Å². The first-order valence-corrected chi connectivity index (χ1v) is 11.7. The molecule has 0 bridgehead atoms. The van der Waals surface area contributed by atoms with Gasteiger partial charge in [0.25, 0.3) is 0 Å². The van der Waals surface area contributed by atoms with Gasteiger partial charge in [0.2, 0.25) is 15.9 Å². The molecule has 1 amide bonds. The summed E-state index contributed by atoms with van der Waals surface area (Å²) < 4.78 is 33.6. The number of amides is 1. The molecule has 1 atom stereocenters. The maximum absolute atomic E-state index is 12.6. The zero-order chi connectivity index (χ0) is 21.0. The van der Waals surface area contributed by atoms with Gasteiger partial charge in [0.05, 0.1) is 29.7 Å². The molecule has 1 saturated heterocycles. The molecule has 158 valence electrons. The van der Waals surface area contributed by atoms with Gasteiger partial charge >= 0.3 is 0 Å². The fourth-order valence-corrected chi connectivity index (χ4v) is 4.95. The van der Waals surface area contributed by atoms with Crippen LogP contribution in [0.5, 0.6) is 0 Å². The zero-order valence-electron chi connectivity index (χ0n) is 16.6. The monoisotopic (exact) mass is 439 g/mol. The minimum atomic E-state index is -3.58. The van der Waals surface area contributed by atoms with Gasteiger partial charge < -0.3 is 10.1 Å². The van der Waals surface area contributed by atoms with Gasteiger partial charge in [-0.3, -0.25) is 4.79 Å². The Hall–Kier alpha value is -1.95. The fourth-order valence-electron chi connectivity index (χ4n) is 2.81. The van der Waals surface area contributed by atoms with E-state index in [2.05, 4.69) is 15.4 Å². The Morgan fingerprint density at radius 3 is 2.55 bits per heavy atom. The van der Waals surface area contributed by atoms with Gasteiger partial charge in [-0.1, -0.05) is 11.8 Å². The predicted molar refractivity (Wildman–Crippen MR) is 110 cm³/mol. The van der Waals surface area contributed by atoms with E-state index in [0.29, 0.717) is 37.1 Å². The molecule has 1 aliphatic heterocycles. The Morgan fingerprint density at radius 2 is 1.93 bits per heavy atom. The molecule has 0 spiro atoms. The number of aromatic nitrogens is 3. The van der Waals surface area contributed by atoms with Gasteiger partial charge in [-0.05, 0) is 32.9 Å². The number of carbonyl (C=O) groups is 1. The number of nitrogens with one attached hydrogen (secondary N) is 1. The van der Waals surface area contributed by atoms with E-state index in [9.17, 15) is 13.2 Å². The van der Waals surface area contributed by atoms with Crippen molar-refractivity contribution in [2.45, 2.75) is 42.0 Å². The molecule has 0 radical (unpaired) electrons. The van der Waals surface area contributed by atoms with Crippen LogP contribution in [0.2, 0.25) is 0 Å². The molecule has 3 heterocycles. The van der Waals surface area contributed by atoms with Crippen molar-refractivity contribution in [1.82, 2.24) is 19.1 Å². The molecule has 0 aromatic carbocycles. The van der Waals surface area contributed by atoms with Crippen LogP contribution in [-0.4, -0.2) is 64.9 Å². The topological polar surface area (TPSA) is 106 Å². The largest absolute Gasteiger partial charge is 0.379 e. The van der Waals surface area contributed by atoms with Gasteiger partial charge in [-0.2, -0.15) is 9.40 Å². The SMILES string of the molecule is CC(C)n1nccc1NC(=O)[C@@H](C)Sc1ccc(S(=O)(=O)N2CCOCC2)cn1. The second-order valence-electron chi connectivity index (χ2n) is 6.85. The highest BCUT2D eigenvalue weighted by Gasteiger charge is 2.27. The van der Waals surface area contributed by atoms with Crippen molar-refractivity contribution in [3.05, 3.63) is 30.6 Å². The van der Waals surface area contributed by atoms with E-state index < -0.39 is 15.3 Å². The first-order valence-electron chi connectivity index (χ1n) is 9.34. The second-order valence-corrected chi connectivity index (χ2v) is 10.2. The van der Waals surface area contributed by atoms with Crippen molar-refractivity contribution in [3.8, 4) is 0 Å². The number of pyridine rings is 1. The van der Waals surface area contributed by atoms with Gasteiger partial charge in [0, 0.05) is 31.4 Å². The van der Waals surface area contributed by atoms with Crippen LogP contribution in [0.1, 0.15) is 26.8 Å². The summed E-state index contributed by atoms with van der Waals surface area (Å²) in [7, 11) is -3.58. The molecule has 3 rings (SSSR count). The molecule has 9 nitrogen and oxygen atoms in total. The number of morpholine rings is 1. The Balaban J connectivity index is 1.63. The Kier molecular flexibility index (Phi) is 6.93. The lowest BCUT2D eigenvalue weighted by Gasteiger charge is -2.25. The summed E-state index contributed by atoms with van der Waals surface area (Å²) in [5.74, 6) is 0.460. The van der Waals surface area contributed by atoms with E-state index in [0.717, 1.165) is 0 Å². The van der Waals surface area contributed by atoms with Crippen LogP contribution >= 0.6 is 11.8 Å². The molecular weight excluding hydrogens is 414 g/mol. The number of ether oxygens (including phenoxy) is 1. The lowest BCUT2D eigenvalue weighted by molar-refractivity contribution is -0.115. The highest BCUT2D eigenvalue weighted by atomic mass is 32.2. The molecule has 2 aromatic rings. The number of hydrogen-bond acceptors (Lipinski definition) is 7. The summed E-state index contributed by atoms with van der Waals surface area (Å²) in [6, 6.07) is 5.03. The van der Waals surface area contributed by atoms with Gasteiger partial charge in [0.15, 0.2) is 0 Å². The van der Waals surface area contributed by atoms with Gasteiger partial charge in [-0.15, -0.1) is 0 Å². The third-order valence-electron chi connectivity index (χ3n) is 4.39. The third kappa shape index (κ3) is 5.16. The summed E-state index contributed by atoms with van der Waals surface area (Å²) >= 11 is 1.26. The van der Waals surface area contributed by atoms with Crippen molar-refractivity contribution in [1.29, 1.82) is 0 Å². The lowest BCUT2D eigenvalue weighted by Crippen LogP contribution is -2.40. The number of rotatable bonds is 7. The summed E-state index contributed by atoms with van der Waals surface area (Å²) in [6.07, 6.45) is 2.98. The van der Waals surface area contributed by atoms with Crippen molar-refractivity contribution in [2.24, 2.45) is 0 Å². The number of carbonyl (C=O) groups excluding carboxylic acids is 1. The minimum absolute atomic E-state index is 0.130. The van der Waals surface area contributed by atoms with Crippen LogP contribution < -0.4 is 5.32 Å². The first-order chi connectivity index (χ1) is 13.8. The van der Waals surface area contributed by atoms with Gasteiger partial charge in [0.1, 0.15) is 10.7 Å². The average molecular weight is 440 g/mol. The number of thioether (sulfide) groups is 1. The molecule has 2 aromatic heterocycles. The maximum Gasteiger partial charge on any atom is 0.244 e. The molecule has 1 aliphatic rings. The van der Waals surface area contributed by atoms with E-state index in [1.165, 1.54) is 28.3 Å². The molecule has 1 N–H and O–H groups in total. The molecule has 11 heteroatoms. The summed E-state index contributed by atoms with van der Waals surface area (Å²) in [5, 5.41) is 7.22. The van der Waals surface area contributed by atoms with E-state index in [1.807, 2.05) is 13.8 Å². The lowest BCUT2D eigenvalue weighted by atomic mass is 10.4. The Bertz CT molecular complexity index is 937. The summed E-state index contributed by atoms with van der Waals surface area (Å²) in [5.41, 5.74) is 0. The Labute approximate surface area is 174 Å². The zero-order valence-corrected chi connectivity index (χ0v) is 18.2. The second kappa shape index (κ2) is 9.24. The summed E-state index contributed by atoms with van der Waals surface area (Å²) in [4.78, 5) is 16.9. The highest BCUT2D eigenvalue weighted by molar-refractivity contribution is 8.00. The van der Waals surface area contributed by atoms with Crippen LogP contribution in [0.15, 0.2) is 40.5 Å². The molecule has 1 fully saturated rings. The number of hydrogen-bond donors (Lipinski definition) is 1. The van der Waals surface area contributed by atoms with Crippen LogP contribution in [0.3, 0.4) is 0 Å². The van der Waals surface area contributed by atoms with Crippen LogP contribution in [-0.2, 0) is 19.6 Å². The van der Waals surface area contributed by atoms with E-state index in [4.69, 9.17) is 4.74 Å². The molecule has 0 saturated carbocycles. The van der Waals surface area contributed by atoms with E-state index >= 15 is 0 Å². The summed E-state index contributed by atoms with van der Waals surface area (Å²) in [6.45, 7) is 7.20.